The molecule has 1 rings (SSSR count). The molecule has 0 aliphatic heterocycles. The lowest BCUT2D eigenvalue weighted by Gasteiger charge is -2.17. The minimum absolute atomic E-state index is 0.433. The van der Waals surface area contributed by atoms with Gasteiger partial charge in [-0.15, -0.1) is 0 Å². The van der Waals surface area contributed by atoms with Gasteiger partial charge in [0.05, 0.1) is 0 Å². The molecular formula is C13H20ClN. The minimum atomic E-state index is 0.433. The average Bonchev–Trinajstić information content (AvgIpc) is 2.24. The molecule has 0 saturated heterocycles. The molecule has 0 saturated carbocycles. The molecule has 0 aromatic heterocycles. The van der Waals surface area contributed by atoms with Crippen LogP contribution in [0.25, 0.3) is 0 Å². The topological polar surface area (TPSA) is 12.0 Å². The van der Waals surface area contributed by atoms with Crippen LogP contribution in [0.3, 0.4) is 0 Å². The van der Waals surface area contributed by atoms with Crippen molar-refractivity contribution in [2.24, 2.45) is 0 Å². The number of benzene rings is 1. The van der Waals surface area contributed by atoms with E-state index in [1.165, 1.54) is 24.8 Å². The summed E-state index contributed by atoms with van der Waals surface area (Å²) in [7, 11) is 2.01. The first-order valence-corrected chi connectivity index (χ1v) is 6.00. The lowest BCUT2D eigenvalue weighted by Crippen LogP contribution is -2.16. The first-order valence-electron chi connectivity index (χ1n) is 5.62. The summed E-state index contributed by atoms with van der Waals surface area (Å²) in [4.78, 5) is 0. The summed E-state index contributed by atoms with van der Waals surface area (Å²) in [6.45, 7) is 4.25. The molecule has 2 heteroatoms. The second-order valence-electron chi connectivity index (χ2n) is 3.99. The second-order valence-corrected chi connectivity index (χ2v) is 4.40. The van der Waals surface area contributed by atoms with Crippen molar-refractivity contribution in [1.82, 2.24) is 5.32 Å². The summed E-state index contributed by atoms with van der Waals surface area (Å²) in [6.07, 6.45) is 3.65. The van der Waals surface area contributed by atoms with Crippen LogP contribution >= 0.6 is 11.6 Å². The van der Waals surface area contributed by atoms with Crippen LogP contribution in [0.4, 0.5) is 0 Å². The van der Waals surface area contributed by atoms with Gasteiger partial charge in [0.15, 0.2) is 0 Å². The fourth-order valence-corrected chi connectivity index (χ4v) is 1.90. The third-order valence-electron chi connectivity index (χ3n) is 2.79. The molecule has 1 aromatic carbocycles. The van der Waals surface area contributed by atoms with Gasteiger partial charge in [-0.05, 0) is 37.6 Å². The van der Waals surface area contributed by atoms with Crippen molar-refractivity contribution < 1.29 is 0 Å². The molecule has 1 atom stereocenters. The zero-order valence-corrected chi connectivity index (χ0v) is 10.6. The Morgan fingerprint density at radius 2 is 2.13 bits per heavy atom. The van der Waals surface area contributed by atoms with E-state index in [1.54, 1.807) is 0 Å². The Morgan fingerprint density at radius 3 is 2.67 bits per heavy atom. The highest BCUT2D eigenvalue weighted by molar-refractivity contribution is 6.31. The van der Waals surface area contributed by atoms with E-state index >= 15 is 0 Å². The van der Waals surface area contributed by atoms with Gasteiger partial charge in [0.2, 0.25) is 0 Å². The lowest BCUT2D eigenvalue weighted by molar-refractivity contribution is 0.523. The summed E-state index contributed by atoms with van der Waals surface area (Å²) in [6, 6.07) is 6.77. The summed E-state index contributed by atoms with van der Waals surface area (Å²) < 4.78 is 0. The van der Waals surface area contributed by atoms with E-state index in [4.69, 9.17) is 11.6 Å². The van der Waals surface area contributed by atoms with Crippen LogP contribution < -0.4 is 5.32 Å². The molecule has 1 N–H and O–H groups in total. The van der Waals surface area contributed by atoms with E-state index in [1.807, 2.05) is 14.0 Å². The fraction of sp³-hybridized carbons (Fsp3) is 0.538. The van der Waals surface area contributed by atoms with Gasteiger partial charge in [0.1, 0.15) is 0 Å². The van der Waals surface area contributed by atoms with Crippen LogP contribution in [0.2, 0.25) is 5.02 Å². The Hall–Kier alpha value is -0.530. The van der Waals surface area contributed by atoms with Crippen LogP contribution in [0.1, 0.15) is 43.4 Å². The van der Waals surface area contributed by atoms with Crippen molar-refractivity contribution in [2.45, 2.75) is 39.2 Å². The number of hydrogen-bond donors (Lipinski definition) is 1. The van der Waals surface area contributed by atoms with E-state index in [0.29, 0.717) is 6.04 Å². The molecule has 84 valence electrons. The number of hydrogen-bond acceptors (Lipinski definition) is 1. The van der Waals surface area contributed by atoms with Crippen molar-refractivity contribution in [1.29, 1.82) is 0 Å². The third-order valence-corrected chi connectivity index (χ3v) is 3.20. The molecule has 1 nitrogen and oxygen atoms in total. The SMILES string of the molecule is CCCCC(NC)c1ccc(C)c(Cl)c1. The maximum absolute atomic E-state index is 6.12. The predicted molar refractivity (Wildman–Crippen MR) is 67.5 cm³/mol. The molecular weight excluding hydrogens is 206 g/mol. The predicted octanol–water partition coefficient (Wildman–Crippen LogP) is 4.10. The number of aryl methyl sites for hydroxylation is 1. The van der Waals surface area contributed by atoms with Gasteiger partial charge in [-0.1, -0.05) is 43.5 Å². The minimum Gasteiger partial charge on any atom is -0.313 e. The molecule has 0 aliphatic carbocycles. The first-order chi connectivity index (χ1) is 7.19. The first kappa shape index (κ1) is 12.5. The summed E-state index contributed by atoms with van der Waals surface area (Å²) in [5, 5.41) is 4.21. The standard InChI is InChI=1S/C13H20ClN/c1-4-5-6-13(15-3)11-8-7-10(2)12(14)9-11/h7-9,13,15H,4-6H2,1-3H3. The van der Waals surface area contributed by atoms with Crippen molar-refractivity contribution in [3.63, 3.8) is 0 Å². The number of rotatable bonds is 5. The van der Waals surface area contributed by atoms with E-state index < -0.39 is 0 Å². The highest BCUT2D eigenvalue weighted by Gasteiger charge is 2.09. The molecule has 0 heterocycles. The van der Waals surface area contributed by atoms with Gasteiger partial charge < -0.3 is 5.32 Å². The molecule has 0 amide bonds. The Labute approximate surface area is 97.8 Å². The third kappa shape index (κ3) is 3.51. The van der Waals surface area contributed by atoms with Crippen LogP contribution in [-0.2, 0) is 0 Å². The Balaban J connectivity index is 2.78. The summed E-state index contributed by atoms with van der Waals surface area (Å²) in [5.74, 6) is 0. The highest BCUT2D eigenvalue weighted by atomic mass is 35.5. The Kier molecular flexibility index (Phi) is 5.13. The van der Waals surface area contributed by atoms with Crippen LogP contribution in [0.5, 0.6) is 0 Å². The average molecular weight is 226 g/mol. The van der Waals surface area contributed by atoms with Gasteiger partial charge in [-0.2, -0.15) is 0 Å². The maximum atomic E-state index is 6.12. The molecule has 0 radical (unpaired) electrons. The fourth-order valence-electron chi connectivity index (χ4n) is 1.71. The zero-order chi connectivity index (χ0) is 11.3. The van der Waals surface area contributed by atoms with E-state index in [9.17, 15) is 0 Å². The molecule has 1 unspecified atom stereocenters. The van der Waals surface area contributed by atoms with Crippen LogP contribution in [0, 0.1) is 6.92 Å². The van der Waals surface area contributed by atoms with Gasteiger partial charge in [0.25, 0.3) is 0 Å². The lowest BCUT2D eigenvalue weighted by atomic mass is 10.0. The van der Waals surface area contributed by atoms with E-state index in [-0.39, 0.29) is 0 Å². The quantitative estimate of drug-likeness (QED) is 0.796. The van der Waals surface area contributed by atoms with Crippen molar-refractivity contribution in [2.75, 3.05) is 7.05 Å². The van der Waals surface area contributed by atoms with Crippen molar-refractivity contribution >= 4 is 11.6 Å². The Bertz CT molecular complexity index is 309. The van der Waals surface area contributed by atoms with E-state index in [0.717, 1.165) is 10.6 Å². The monoisotopic (exact) mass is 225 g/mol. The molecule has 1 aromatic rings. The zero-order valence-electron chi connectivity index (χ0n) is 9.81. The van der Waals surface area contributed by atoms with Crippen molar-refractivity contribution in [3.05, 3.63) is 34.3 Å². The number of nitrogens with one attached hydrogen (secondary N) is 1. The summed E-state index contributed by atoms with van der Waals surface area (Å²) >= 11 is 6.12. The van der Waals surface area contributed by atoms with Gasteiger partial charge >= 0.3 is 0 Å². The van der Waals surface area contributed by atoms with Gasteiger partial charge in [0, 0.05) is 11.1 Å². The highest BCUT2D eigenvalue weighted by Crippen LogP contribution is 2.24. The second kappa shape index (κ2) is 6.14. The number of halogens is 1. The maximum Gasteiger partial charge on any atom is 0.0438 e. The largest absolute Gasteiger partial charge is 0.313 e. The van der Waals surface area contributed by atoms with Crippen LogP contribution in [0.15, 0.2) is 18.2 Å². The Morgan fingerprint density at radius 1 is 1.40 bits per heavy atom. The smallest absolute Gasteiger partial charge is 0.0438 e. The van der Waals surface area contributed by atoms with Gasteiger partial charge in [-0.25, -0.2) is 0 Å². The van der Waals surface area contributed by atoms with E-state index in [2.05, 4.69) is 30.4 Å². The van der Waals surface area contributed by atoms with Crippen molar-refractivity contribution in [3.8, 4) is 0 Å². The molecule has 0 bridgehead atoms. The molecule has 0 aliphatic rings. The molecule has 0 fully saturated rings. The molecule has 0 spiro atoms. The van der Waals surface area contributed by atoms with Crippen LogP contribution in [-0.4, -0.2) is 7.05 Å². The number of unbranched alkanes of at least 4 members (excludes halogenated alkanes) is 1. The molecule has 15 heavy (non-hydrogen) atoms. The van der Waals surface area contributed by atoms with Gasteiger partial charge in [-0.3, -0.25) is 0 Å². The summed E-state index contributed by atoms with van der Waals surface area (Å²) in [5.41, 5.74) is 2.44. The normalized spacial score (nSPS) is 12.8.